The molecule has 0 saturated heterocycles. The number of hydrogen-bond donors (Lipinski definition) is 2. The van der Waals surface area contributed by atoms with E-state index < -0.39 is 10.2 Å². The Labute approximate surface area is 121 Å². The number of benzene rings is 1. The summed E-state index contributed by atoms with van der Waals surface area (Å²) in [7, 11) is -1.90. The van der Waals surface area contributed by atoms with E-state index in [0.717, 1.165) is 17.5 Å². The molecule has 20 heavy (non-hydrogen) atoms. The molecule has 0 amide bonds. The topological polar surface area (TPSA) is 75.4 Å². The van der Waals surface area contributed by atoms with Crippen LogP contribution in [0.4, 0.5) is 0 Å². The van der Waals surface area contributed by atoms with Crippen LogP contribution in [0.2, 0.25) is 0 Å². The van der Waals surface area contributed by atoms with Gasteiger partial charge in [0.25, 0.3) is 10.2 Å². The van der Waals surface area contributed by atoms with E-state index >= 15 is 0 Å². The van der Waals surface area contributed by atoms with Crippen molar-refractivity contribution in [3.8, 4) is 11.8 Å². The Morgan fingerprint density at radius 2 is 2.05 bits per heavy atom. The van der Waals surface area contributed by atoms with Crippen LogP contribution in [0.3, 0.4) is 0 Å². The standard InChI is InChI=1S/C14H21N3O2S/c1-3-11-16-20(18,19)17(2)12-14-8-5-4-7-13(14)9-6-10-15/h4-5,7-8,16H,3,10-12,15H2,1-2H3. The van der Waals surface area contributed by atoms with Crippen molar-refractivity contribution in [1.29, 1.82) is 0 Å². The highest BCUT2D eigenvalue weighted by Crippen LogP contribution is 2.11. The van der Waals surface area contributed by atoms with Gasteiger partial charge in [-0.05, 0) is 18.1 Å². The average Bonchev–Trinajstić information content (AvgIpc) is 2.44. The lowest BCUT2D eigenvalue weighted by Crippen LogP contribution is -2.38. The Hall–Kier alpha value is -1.39. The number of nitrogens with zero attached hydrogens (tertiary/aromatic N) is 1. The molecule has 0 aliphatic carbocycles. The van der Waals surface area contributed by atoms with Gasteiger partial charge in [-0.15, -0.1) is 0 Å². The lowest BCUT2D eigenvalue weighted by Gasteiger charge is -2.18. The maximum absolute atomic E-state index is 12.0. The molecule has 1 aromatic carbocycles. The van der Waals surface area contributed by atoms with Crippen LogP contribution < -0.4 is 10.5 Å². The summed E-state index contributed by atoms with van der Waals surface area (Å²) in [4.78, 5) is 0. The van der Waals surface area contributed by atoms with Crippen molar-refractivity contribution >= 4 is 10.2 Å². The van der Waals surface area contributed by atoms with Crippen LogP contribution in [0.5, 0.6) is 0 Å². The number of rotatable bonds is 6. The van der Waals surface area contributed by atoms with E-state index in [0.29, 0.717) is 6.54 Å². The molecule has 0 atom stereocenters. The molecule has 6 heteroatoms. The third-order valence-corrected chi connectivity index (χ3v) is 4.20. The first-order valence-corrected chi connectivity index (χ1v) is 7.93. The van der Waals surface area contributed by atoms with Gasteiger partial charge in [0, 0.05) is 25.7 Å². The van der Waals surface area contributed by atoms with Crippen LogP contribution in [0.25, 0.3) is 0 Å². The lowest BCUT2D eigenvalue weighted by atomic mass is 10.1. The van der Waals surface area contributed by atoms with Gasteiger partial charge in [0.15, 0.2) is 0 Å². The first-order chi connectivity index (χ1) is 9.51. The molecule has 110 valence electrons. The molecule has 1 aromatic rings. The SMILES string of the molecule is CCCNS(=O)(=O)N(C)Cc1ccccc1C#CCN. The summed E-state index contributed by atoms with van der Waals surface area (Å²) in [6, 6.07) is 7.46. The van der Waals surface area contributed by atoms with Crippen LogP contribution in [-0.4, -0.2) is 32.9 Å². The normalized spacial score (nSPS) is 11.2. The van der Waals surface area contributed by atoms with Gasteiger partial charge in [0.1, 0.15) is 0 Å². The van der Waals surface area contributed by atoms with E-state index in [1.165, 1.54) is 4.31 Å². The van der Waals surface area contributed by atoms with Crippen molar-refractivity contribution in [2.45, 2.75) is 19.9 Å². The summed E-state index contributed by atoms with van der Waals surface area (Å²) in [5.41, 5.74) is 7.02. The minimum Gasteiger partial charge on any atom is -0.320 e. The second kappa shape index (κ2) is 8.02. The Bertz CT molecular complexity index is 588. The third-order valence-electron chi connectivity index (χ3n) is 2.68. The molecule has 0 heterocycles. The highest BCUT2D eigenvalue weighted by atomic mass is 32.2. The maximum atomic E-state index is 12.0. The van der Waals surface area contributed by atoms with Crippen molar-refractivity contribution in [2.24, 2.45) is 5.73 Å². The Morgan fingerprint density at radius 3 is 2.70 bits per heavy atom. The molecule has 0 aliphatic rings. The first-order valence-electron chi connectivity index (χ1n) is 6.49. The molecule has 0 bridgehead atoms. The van der Waals surface area contributed by atoms with Crippen molar-refractivity contribution in [1.82, 2.24) is 9.03 Å². The molecule has 0 aromatic heterocycles. The molecule has 0 saturated carbocycles. The first kappa shape index (κ1) is 16.7. The van der Waals surface area contributed by atoms with Crippen molar-refractivity contribution in [3.63, 3.8) is 0 Å². The zero-order chi connectivity index (χ0) is 15.0. The van der Waals surface area contributed by atoms with Gasteiger partial charge in [-0.25, -0.2) is 4.72 Å². The number of nitrogens with one attached hydrogen (secondary N) is 1. The third kappa shape index (κ3) is 4.94. The molecule has 0 fully saturated rings. The van der Waals surface area contributed by atoms with Crippen molar-refractivity contribution < 1.29 is 8.42 Å². The summed E-state index contributed by atoms with van der Waals surface area (Å²) < 4.78 is 27.8. The molecule has 0 aliphatic heterocycles. The molecular weight excluding hydrogens is 274 g/mol. The summed E-state index contributed by atoms with van der Waals surface area (Å²) >= 11 is 0. The molecular formula is C14H21N3O2S. The Kier molecular flexibility index (Phi) is 6.68. The number of nitrogens with two attached hydrogens (primary N) is 1. The van der Waals surface area contributed by atoms with Crippen molar-refractivity contribution in [3.05, 3.63) is 35.4 Å². The monoisotopic (exact) mass is 295 g/mol. The van der Waals surface area contributed by atoms with Gasteiger partial charge in [-0.1, -0.05) is 37.0 Å². The van der Waals surface area contributed by atoms with E-state index in [-0.39, 0.29) is 13.1 Å². The van der Waals surface area contributed by atoms with E-state index in [2.05, 4.69) is 16.6 Å². The highest BCUT2D eigenvalue weighted by Gasteiger charge is 2.17. The van der Waals surface area contributed by atoms with Crippen molar-refractivity contribution in [2.75, 3.05) is 20.1 Å². The summed E-state index contributed by atoms with van der Waals surface area (Å²) in [6.45, 7) is 2.90. The molecule has 0 unspecified atom stereocenters. The van der Waals surface area contributed by atoms with Gasteiger partial charge < -0.3 is 5.73 Å². The maximum Gasteiger partial charge on any atom is 0.279 e. The Balaban J connectivity index is 2.88. The summed E-state index contributed by atoms with van der Waals surface area (Å²) in [5, 5.41) is 0. The summed E-state index contributed by atoms with van der Waals surface area (Å²) in [6.07, 6.45) is 0.756. The minimum absolute atomic E-state index is 0.272. The predicted octanol–water partition coefficient (Wildman–Crippen LogP) is 0.673. The predicted molar refractivity (Wildman–Crippen MR) is 81.1 cm³/mol. The van der Waals surface area contributed by atoms with Crippen LogP contribution >= 0.6 is 0 Å². The van der Waals surface area contributed by atoms with Gasteiger partial charge in [-0.2, -0.15) is 12.7 Å². The quantitative estimate of drug-likeness (QED) is 0.758. The fourth-order valence-electron chi connectivity index (χ4n) is 1.59. The van der Waals surface area contributed by atoms with Gasteiger partial charge >= 0.3 is 0 Å². The summed E-state index contributed by atoms with van der Waals surface area (Å²) in [5.74, 6) is 5.74. The van der Waals surface area contributed by atoms with Gasteiger partial charge in [-0.3, -0.25) is 0 Å². The molecule has 0 spiro atoms. The number of hydrogen-bond acceptors (Lipinski definition) is 3. The zero-order valence-corrected chi connectivity index (χ0v) is 12.7. The molecule has 1 rings (SSSR count). The second-order valence-electron chi connectivity index (χ2n) is 4.32. The lowest BCUT2D eigenvalue weighted by molar-refractivity contribution is 0.454. The molecule has 5 nitrogen and oxygen atoms in total. The van der Waals surface area contributed by atoms with Crippen LogP contribution in [0.15, 0.2) is 24.3 Å². The Morgan fingerprint density at radius 1 is 1.35 bits per heavy atom. The fraction of sp³-hybridized carbons (Fsp3) is 0.429. The van der Waals surface area contributed by atoms with Crippen LogP contribution in [0.1, 0.15) is 24.5 Å². The highest BCUT2D eigenvalue weighted by molar-refractivity contribution is 7.87. The van der Waals surface area contributed by atoms with Gasteiger partial charge in [0.05, 0.1) is 6.54 Å². The van der Waals surface area contributed by atoms with Crippen LogP contribution in [0, 0.1) is 11.8 Å². The van der Waals surface area contributed by atoms with E-state index in [1.807, 2.05) is 31.2 Å². The van der Waals surface area contributed by atoms with E-state index in [1.54, 1.807) is 7.05 Å². The fourth-order valence-corrected chi connectivity index (χ4v) is 2.58. The van der Waals surface area contributed by atoms with Gasteiger partial charge in [0.2, 0.25) is 0 Å². The smallest absolute Gasteiger partial charge is 0.279 e. The average molecular weight is 295 g/mol. The largest absolute Gasteiger partial charge is 0.320 e. The van der Waals surface area contributed by atoms with Crippen LogP contribution in [-0.2, 0) is 16.8 Å². The minimum atomic E-state index is -3.45. The zero-order valence-electron chi connectivity index (χ0n) is 11.9. The second-order valence-corrected chi connectivity index (χ2v) is 6.18. The van der Waals surface area contributed by atoms with E-state index in [4.69, 9.17) is 5.73 Å². The molecule has 3 N–H and O–H groups in total. The van der Waals surface area contributed by atoms with E-state index in [9.17, 15) is 8.42 Å². The molecule has 0 radical (unpaired) electrons.